The van der Waals surface area contributed by atoms with Crippen LogP contribution in [0.3, 0.4) is 0 Å². The molecule has 0 aromatic heterocycles. The number of aliphatic hydroxyl groups is 4. The molecule has 7 nitrogen and oxygen atoms in total. The van der Waals surface area contributed by atoms with Crippen LogP contribution in [-0.4, -0.2) is 86.4 Å². The van der Waals surface area contributed by atoms with Crippen molar-refractivity contribution in [1.82, 2.24) is 5.32 Å². The molecule has 1 aliphatic heterocycles. The van der Waals surface area contributed by atoms with Crippen LogP contribution in [-0.2, 0) is 9.53 Å². The third-order valence-corrected chi connectivity index (χ3v) is 4.03. The molecule has 3 radical (unpaired) electrons. The fraction of sp³-hybridized carbons (Fsp3) is 0.875. The molecule has 5 N–H and O–H groups in total. The van der Waals surface area contributed by atoms with Gasteiger partial charge >= 0.3 is 108 Å². The van der Waals surface area contributed by atoms with Gasteiger partial charge in [0.1, 0.15) is 0 Å². The number of hydrogen-bond acceptors (Lipinski definition) is 6. The molecule has 91 valence electrons. The summed E-state index contributed by atoms with van der Waals surface area (Å²) < 4.78 is 3.35. The van der Waals surface area contributed by atoms with E-state index in [1.165, 1.54) is 6.92 Å². The molecule has 1 amide bonds. The van der Waals surface area contributed by atoms with Gasteiger partial charge in [-0.25, -0.2) is 0 Å². The van der Waals surface area contributed by atoms with E-state index in [0.29, 0.717) is 0 Å². The second-order valence-corrected chi connectivity index (χ2v) is 6.48. The van der Waals surface area contributed by atoms with E-state index in [-0.39, 0.29) is 25.8 Å². The van der Waals surface area contributed by atoms with Gasteiger partial charge in [0.25, 0.3) is 0 Å². The Balaban J connectivity index is 2.87. The zero-order valence-electron chi connectivity index (χ0n) is 8.62. The van der Waals surface area contributed by atoms with Crippen molar-refractivity contribution in [2.45, 2.75) is 34.6 Å². The van der Waals surface area contributed by atoms with Crippen molar-refractivity contribution in [2.75, 3.05) is 6.61 Å². The van der Waals surface area contributed by atoms with Gasteiger partial charge in [-0.3, -0.25) is 0 Å². The van der Waals surface area contributed by atoms with Gasteiger partial charge in [-0.15, -0.1) is 0 Å². The van der Waals surface area contributed by atoms with Gasteiger partial charge in [-0.2, -0.15) is 0 Å². The number of hydrogen-bond donors (Lipinski definition) is 5. The molecule has 8 heteroatoms. The van der Waals surface area contributed by atoms with Gasteiger partial charge in [0.2, 0.25) is 0 Å². The quantitative estimate of drug-likeness (QED) is 0.291. The molecular formula is C8H14NO6Pb. The Bertz CT molecular complexity index is 273. The molecule has 0 aromatic carbocycles. The van der Waals surface area contributed by atoms with Crippen molar-refractivity contribution in [3.05, 3.63) is 0 Å². The zero-order valence-corrected chi connectivity index (χ0v) is 12.5. The fourth-order valence-electron chi connectivity index (χ4n) is 1.57. The first kappa shape index (κ1) is 14.3. The van der Waals surface area contributed by atoms with Crippen LogP contribution < -0.4 is 5.32 Å². The molecule has 1 saturated heterocycles. The predicted octanol–water partition coefficient (Wildman–Crippen LogP) is -3.58. The second-order valence-electron chi connectivity index (χ2n) is 3.69. The minimum atomic E-state index is -1.71. The summed E-state index contributed by atoms with van der Waals surface area (Å²) in [5.41, 5.74) is 0. The predicted molar refractivity (Wildman–Crippen MR) is 52.3 cm³/mol. The van der Waals surface area contributed by atoms with Crippen molar-refractivity contribution in [2.24, 2.45) is 0 Å². The topological polar surface area (TPSA) is 119 Å². The van der Waals surface area contributed by atoms with E-state index in [2.05, 4.69) is 5.32 Å². The molecule has 1 fully saturated rings. The number of carbonyl (C=O) groups excluding carboxylic acids is 1. The van der Waals surface area contributed by atoms with Crippen molar-refractivity contribution in [1.29, 1.82) is 0 Å². The van der Waals surface area contributed by atoms with E-state index in [0.717, 1.165) is 0 Å². The Morgan fingerprint density at radius 1 is 1.50 bits per heavy atom. The summed E-state index contributed by atoms with van der Waals surface area (Å²) in [6.45, 7) is 0.713. The van der Waals surface area contributed by atoms with Crippen molar-refractivity contribution >= 4 is 31.7 Å². The van der Waals surface area contributed by atoms with Gasteiger partial charge < -0.3 is 0 Å². The number of amides is 1. The molecule has 1 heterocycles. The van der Waals surface area contributed by atoms with Crippen LogP contribution in [0.15, 0.2) is 0 Å². The second kappa shape index (κ2) is 5.23. The molecule has 5 unspecified atom stereocenters. The van der Waals surface area contributed by atoms with E-state index < -0.39 is 40.2 Å². The summed E-state index contributed by atoms with van der Waals surface area (Å²) in [5, 5.41) is 40.4. The number of aliphatic hydroxyl groups excluding tert-OH is 3. The molecule has 0 aromatic rings. The summed E-state index contributed by atoms with van der Waals surface area (Å²) in [6, 6.07) is -1.09. The van der Waals surface area contributed by atoms with Crippen LogP contribution >= 0.6 is 0 Å². The Morgan fingerprint density at radius 3 is 2.50 bits per heavy atom. The molecule has 0 spiro atoms. The third kappa shape index (κ3) is 2.90. The maximum absolute atomic E-state index is 10.9. The van der Waals surface area contributed by atoms with E-state index in [1.54, 1.807) is 0 Å². The Labute approximate surface area is 108 Å². The van der Waals surface area contributed by atoms with Gasteiger partial charge in [-0.05, 0) is 0 Å². The molecular weight excluding hydrogens is 413 g/mol. The maximum atomic E-state index is 10.9. The number of carbonyl (C=O) groups is 1. The number of ether oxygens (including phenoxy) is 1. The first-order valence-corrected chi connectivity index (χ1v) is 6.63. The Kier molecular flexibility index (Phi) is 4.66. The molecule has 1 aliphatic rings. The molecule has 0 saturated carbocycles. The van der Waals surface area contributed by atoms with Gasteiger partial charge in [0.05, 0.1) is 0 Å². The first-order chi connectivity index (χ1) is 7.29. The third-order valence-electron chi connectivity index (χ3n) is 2.36. The molecule has 0 aliphatic carbocycles. The van der Waals surface area contributed by atoms with E-state index in [9.17, 15) is 20.1 Å². The standard InChI is InChI=1S/C8H14NO6.Pb/c1-3(11)9-5-7(13)6(12)4(2-10)15-8(5)14;/h4-7,10,12-14H,2H2,1H3,(H,9,11);. The summed E-state index contributed by atoms with van der Waals surface area (Å²) in [7, 11) is 0. The van der Waals surface area contributed by atoms with Crippen LogP contribution in [0.1, 0.15) is 6.92 Å². The molecule has 16 heavy (non-hydrogen) atoms. The van der Waals surface area contributed by atoms with Crippen LogP contribution in [0.5, 0.6) is 0 Å². The van der Waals surface area contributed by atoms with Crippen molar-refractivity contribution in [3.8, 4) is 0 Å². The number of nitrogens with one attached hydrogen (secondary N) is 1. The first-order valence-electron chi connectivity index (χ1n) is 4.69. The van der Waals surface area contributed by atoms with Gasteiger partial charge in [0.15, 0.2) is 0 Å². The fourth-order valence-corrected chi connectivity index (χ4v) is 3.10. The Hall–Kier alpha value is 0.192. The van der Waals surface area contributed by atoms with Crippen molar-refractivity contribution in [3.63, 3.8) is 0 Å². The van der Waals surface area contributed by atoms with Crippen LogP contribution in [0.25, 0.3) is 0 Å². The van der Waals surface area contributed by atoms with E-state index in [1.807, 2.05) is 0 Å². The monoisotopic (exact) mass is 428 g/mol. The molecule has 5 atom stereocenters. The summed E-state index contributed by atoms with van der Waals surface area (Å²) in [5.74, 6) is -0.448. The van der Waals surface area contributed by atoms with Gasteiger partial charge in [-0.1, -0.05) is 0 Å². The van der Waals surface area contributed by atoms with E-state index >= 15 is 0 Å². The molecule has 1 rings (SSSR count). The van der Waals surface area contributed by atoms with Crippen LogP contribution in [0.2, 0.25) is 0 Å². The van der Waals surface area contributed by atoms with Gasteiger partial charge in [0, 0.05) is 0 Å². The minimum absolute atomic E-state index is 0.107. The normalized spacial score (nSPS) is 44.1. The summed E-state index contributed by atoms with van der Waals surface area (Å²) in [4.78, 5) is 10.9. The average molecular weight is 427 g/mol. The average Bonchev–Trinajstić information content (AvgIpc) is 2.18. The zero-order chi connectivity index (χ0) is 12.5. The van der Waals surface area contributed by atoms with Crippen LogP contribution in [0, 0.1) is 0 Å². The number of rotatable bonds is 2. The SMILES string of the molecule is CC(=O)NC1C(O)C(O)C(CO)O[C]1(O)[Pb]. The van der Waals surface area contributed by atoms with Crippen LogP contribution in [0.4, 0.5) is 0 Å². The Morgan fingerprint density at radius 2 is 2.06 bits per heavy atom. The molecule has 0 bridgehead atoms. The van der Waals surface area contributed by atoms with Crippen molar-refractivity contribution < 1.29 is 30.0 Å². The van der Waals surface area contributed by atoms with E-state index in [4.69, 9.17) is 9.84 Å². The summed E-state index contributed by atoms with van der Waals surface area (Å²) in [6.07, 6.45) is -3.78. The summed E-state index contributed by atoms with van der Waals surface area (Å²) >= 11 is 0.107.